The van der Waals surface area contributed by atoms with Gasteiger partial charge in [-0.25, -0.2) is 4.79 Å². The van der Waals surface area contributed by atoms with E-state index in [-0.39, 0.29) is 6.61 Å². The fourth-order valence-electron chi connectivity index (χ4n) is 1.66. The van der Waals surface area contributed by atoms with Crippen molar-refractivity contribution in [2.24, 2.45) is 0 Å². The van der Waals surface area contributed by atoms with Crippen molar-refractivity contribution in [1.82, 2.24) is 20.6 Å². The highest BCUT2D eigenvalue weighted by atomic mass is 16.6. The Morgan fingerprint density at radius 2 is 2.05 bits per heavy atom. The van der Waals surface area contributed by atoms with Gasteiger partial charge in [0.15, 0.2) is 18.1 Å². The third kappa shape index (κ3) is 3.91. The quantitative estimate of drug-likeness (QED) is 0.765. The lowest BCUT2D eigenvalue weighted by atomic mass is 10.2. The largest absolute Gasteiger partial charge is 0.490 e. The van der Waals surface area contributed by atoms with Crippen LogP contribution in [0.5, 0.6) is 11.5 Å². The maximum absolute atomic E-state index is 11.3. The third-order valence-electron chi connectivity index (χ3n) is 2.50. The van der Waals surface area contributed by atoms with Crippen LogP contribution in [0.15, 0.2) is 18.2 Å². The molecular formula is C13H16N4O4. The van der Waals surface area contributed by atoms with E-state index in [1.54, 1.807) is 25.1 Å². The van der Waals surface area contributed by atoms with Crippen molar-refractivity contribution in [2.75, 3.05) is 19.8 Å². The molecule has 0 radical (unpaired) electrons. The Morgan fingerprint density at radius 1 is 1.19 bits per heavy atom. The number of nitrogens with one attached hydrogen (secondary N) is 1. The van der Waals surface area contributed by atoms with Crippen LogP contribution in [-0.4, -0.2) is 46.4 Å². The predicted octanol–water partition coefficient (Wildman–Crippen LogP) is 1.21. The molecule has 0 saturated carbocycles. The minimum absolute atomic E-state index is 0.171. The molecule has 2 aromatic rings. The van der Waals surface area contributed by atoms with Crippen LogP contribution in [0.4, 0.5) is 0 Å². The number of hydrogen-bond acceptors (Lipinski definition) is 7. The molecule has 8 heteroatoms. The highest BCUT2D eigenvalue weighted by Gasteiger charge is 2.12. The van der Waals surface area contributed by atoms with E-state index >= 15 is 0 Å². The molecule has 1 heterocycles. The molecule has 0 unspecified atom stereocenters. The van der Waals surface area contributed by atoms with Gasteiger partial charge in [-0.1, -0.05) is 0 Å². The number of benzene rings is 1. The second-order valence-corrected chi connectivity index (χ2v) is 3.92. The van der Waals surface area contributed by atoms with Crippen LogP contribution in [0.25, 0.3) is 11.4 Å². The van der Waals surface area contributed by atoms with E-state index in [2.05, 4.69) is 20.6 Å². The smallest absolute Gasteiger partial charge is 0.344 e. The number of hydrogen-bond donors (Lipinski definition) is 1. The number of rotatable bonds is 7. The van der Waals surface area contributed by atoms with Gasteiger partial charge in [0.1, 0.15) is 0 Å². The number of ether oxygens (including phenoxy) is 3. The van der Waals surface area contributed by atoms with Crippen molar-refractivity contribution in [2.45, 2.75) is 13.8 Å². The Kier molecular flexibility index (Phi) is 5.08. The number of aromatic nitrogens is 4. The summed E-state index contributed by atoms with van der Waals surface area (Å²) in [5.74, 6) is 0.983. The van der Waals surface area contributed by atoms with Gasteiger partial charge in [-0.15, -0.1) is 10.2 Å². The van der Waals surface area contributed by atoms with Crippen molar-refractivity contribution in [3.8, 4) is 22.9 Å². The summed E-state index contributed by atoms with van der Waals surface area (Å²) in [7, 11) is 0. The third-order valence-corrected chi connectivity index (χ3v) is 2.50. The summed E-state index contributed by atoms with van der Waals surface area (Å²) >= 11 is 0. The van der Waals surface area contributed by atoms with Crippen LogP contribution in [-0.2, 0) is 9.53 Å². The molecule has 0 bridgehead atoms. The first-order chi connectivity index (χ1) is 10.2. The highest BCUT2D eigenvalue weighted by Crippen LogP contribution is 2.31. The van der Waals surface area contributed by atoms with Gasteiger partial charge in [0.25, 0.3) is 0 Å². The molecule has 0 amide bonds. The van der Waals surface area contributed by atoms with Crippen LogP contribution in [0.3, 0.4) is 0 Å². The molecule has 8 nitrogen and oxygen atoms in total. The number of aromatic amines is 1. The maximum Gasteiger partial charge on any atom is 0.344 e. The van der Waals surface area contributed by atoms with Crippen molar-refractivity contribution < 1.29 is 19.0 Å². The predicted molar refractivity (Wildman–Crippen MR) is 72.9 cm³/mol. The molecule has 1 N–H and O–H groups in total. The van der Waals surface area contributed by atoms with Gasteiger partial charge < -0.3 is 14.2 Å². The summed E-state index contributed by atoms with van der Waals surface area (Å²) in [4.78, 5) is 11.3. The molecule has 0 fully saturated rings. The van der Waals surface area contributed by atoms with E-state index in [4.69, 9.17) is 14.2 Å². The number of carbonyl (C=O) groups is 1. The summed E-state index contributed by atoms with van der Waals surface area (Å²) in [6.45, 7) is 4.21. The van der Waals surface area contributed by atoms with Gasteiger partial charge >= 0.3 is 5.97 Å². The molecule has 1 aromatic carbocycles. The molecular weight excluding hydrogens is 276 g/mol. The lowest BCUT2D eigenvalue weighted by Gasteiger charge is -2.12. The summed E-state index contributed by atoms with van der Waals surface area (Å²) < 4.78 is 15.7. The van der Waals surface area contributed by atoms with Crippen LogP contribution >= 0.6 is 0 Å². The molecule has 1 aromatic heterocycles. The summed E-state index contributed by atoms with van der Waals surface area (Å²) in [6.07, 6.45) is 0. The minimum Gasteiger partial charge on any atom is -0.490 e. The summed E-state index contributed by atoms with van der Waals surface area (Å²) in [5.41, 5.74) is 0.732. The molecule has 0 aliphatic carbocycles. The van der Waals surface area contributed by atoms with Crippen molar-refractivity contribution in [3.63, 3.8) is 0 Å². The van der Waals surface area contributed by atoms with E-state index in [1.165, 1.54) is 0 Å². The SMILES string of the molecule is CCOC(=O)COc1ccc(-c2nn[nH]n2)cc1OCC. The number of nitrogens with zero attached hydrogens (tertiary/aromatic N) is 3. The standard InChI is InChI=1S/C13H16N4O4/c1-3-19-11-7-9(13-14-16-17-15-13)5-6-10(11)21-8-12(18)20-4-2/h5-7H,3-4,8H2,1-2H3,(H,14,15,16,17). The van der Waals surface area contributed by atoms with Crippen molar-refractivity contribution >= 4 is 5.97 Å². The molecule has 112 valence electrons. The Morgan fingerprint density at radius 3 is 2.71 bits per heavy atom. The van der Waals surface area contributed by atoms with E-state index in [1.807, 2.05) is 6.92 Å². The average Bonchev–Trinajstić information content (AvgIpc) is 3.01. The lowest BCUT2D eigenvalue weighted by Crippen LogP contribution is -2.15. The number of H-pyrrole nitrogens is 1. The maximum atomic E-state index is 11.3. The topological polar surface area (TPSA) is 99.2 Å². The lowest BCUT2D eigenvalue weighted by molar-refractivity contribution is -0.145. The Bertz CT molecular complexity index is 586. The molecule has 0 saturated heterocycles. The van der Waals surface area contributed by atoms with E-state index < -0.39 is 5.97 Å². The zero-order chi connectivity index (χ0) is 15.1. The fourth-order valence-corrected chi connectivity index (χ4v) is 1.66. The molecule has 21 heavy (non-hydrogen) atoms. The van der Waals surface area contributed by atoms with Gasteiger partial charge in [-0.05, 0) is 37.3 Å². The number of esters is 1. The Balaban J connectivity index is 2.15. The monoisotopic (exact) mass is 292 g/mol. The van der Waals surface area contributed by atoms with Gasteiger partial charge in [0.2, 0.25) is 5.82 Å². The van der Waals surface area contributed by atoms with Gasteiger partial charge in [0.05, 0.1) is 13.2 Å². The number of carbonyl (C=O) groups excluding carboxylic acids is 1. The van der Waals surface area contributed by atoms with Gasteiger partial charge in [-0.3, -0.25) is 0 Å². The van der Waals surface area contributed by atoms with Crippen molar-refractivity contribution in [1.29, 1.82) is 0 Å². The second-order valence-electron chi connectivity index (χ2n) is 3.92. The zero-order valence-electron chi connectivity index (χ0n) is 11.8. The first-order valence-corrected chi connectivity index (χ1v) is 6.53. The van der Waals surface area contributed by atoms with Gasteiger partial charge in [0, 0.05) is 5.56 Å². The molecule has 0 atom stereocenters. The number of tetrazole rings is 1. The average molecular weight is 292 g/mol. The van der Waals surface area contributed by atoms with E-state index in [0.717, 1.165) is 5.56 Å². The molecule has 0 aliphatic heterocycles. The van der Waals surface area contributed by atoms with Crippen LogP contribution in [0.1, 0.15) is 13.8 Å². The van der Waals surface area contributed by atoms with Crippen LogP contribution in [0, 0.1) is 0 Å². The Labute approximate surface area is 121 Å². The first kappa shape index (κ1) is 14.8. The first-order valence-electron chi connectivity index (χ1n) is 6.53. The van der Waals surface area contributed by atoms with Gasteiger partial charge in [-0.2, -0.15) is 5.21 Å². The van der Waals surface area contributed by atoms with Crippen LogP contribution in [0.2, 0.25) is 0 Å². The molecule has 2 rings (SSSR count). The molecule has 0 aliphatic rings. The second kappa shape index (κ2) is 7.22. The van der Waals surface area contributed by atoms with Crippen LogP contribution < -0.4 is 9.47 Å². The molecule has 0 spiro atoms. The van der Waals surface area contributed by atoms with E-state index in [0.29, 0.717) is 30.5 Å². The van der Waals surface area contributed by atoms with E-state index in [9.17, 15) is 4.79 Å². The summed E-state index contributed by atoms with van der Waals surface area (Å²) in [6, 6.07) is 5.18. The highest BCUT2D eigenvalue weighted by molar-refractivity contribution is 5.71. The summed E-state index contributed by atoms with van der Waals surface area (Å²) in [5, 5.41) is 13.7. The minimum atomic E-state index is -0.429. The normalized spacial score (nSPS) is 10.2. The zero-order valence-corrected chi connectivity index (χ0v) is 11.8. The fraction of sp³-hybridized carbons (Fsp3) is 0.385. The van der Waals surface area contributed by atoms with Crippen molar-refractivity contribution in [3.05, 3.63) is 18.2 Å². The Hall–Kier alpha value is -2.64.